The second kappa shape index (κ2) is 8.31. The number of ketones is 1. The van der Waals surface area contributed by atoms with E-state index >= 15 is 0 Å². The highest BCUT2D eigenvalue weighted by atomic mass is 16.5. The number of carbonyl (C=O) groups is 3. The lowest BCUT2D eigenvalue weighted by Crippen LogP contribution is -2.31. The third kappa shape index (κ3) is 3.66. The molecule has 6 heteroatoms. The molecule has 1 heterocycles. The van der Waals surface area contributed by atoms with Crippen molar-refractivity contribution in [1.82, 2.24) is 0 Å². The molecule has 0 fully saturated rings. The number of ether oxygens (including phenoxy) is 1. The molecule has 1 amide bonds. The second-order valence-electron chi connectivity index (χ2n) is 6.75. The highest BCUT2D eigenvalue weighted by Crippen LogP contribution is 2.41. The average molecular weight is 393 g/mol. The van der Waals surface area contributed by atoms with Crippen molar-refractivity contribution in [2.75, 3.05) is 12.0 Å². The highest BCUT2D eigenvalue weighted by molar-refractivity contribution is 6.16. The molecule has 0 saturated carbocycles. The number of hydrogen-bond acceptors (Lipinski definition) is 5. The second-order valence-corrected chi connectivity index (χ2v) is 6.75. The maximum Gasteiger partial charge on any atom is 0.337 e. The molecule has 2 aromatic rings. The van der Waals surface area contributed by atoms with E-state index in [-0.39, 0.29) is 17.8 Å². The van der Waals surface area contributed by atoms with Crippen LogP contribution in [-0.2, 0) is 20.7 Å². The van der Waals surface area contributed by atoms with E-state index in [2.05, 4.69) is 0 Å². The van der Waals surface area contributed by atoms with Gasteiger partial charge < -0.3 is 9.84 Å². The van der Waals surface area contributed by atoms with E-state index in [1.165, 1.54) is 12.0 Å². The van der Waals surface area contributed by atoms with Gasteiger partial charge in [0.15, 0.2) is 11.5 Å². The van der Waals surface area contributed by atoms with Gasteiger partial charge in [0, 0.05) is 12.1 Å². The lowest BCUT2D eigenvalue weighted by molar-refractivity contribution is -0.118. The standard InChI is InChI=1S/C23H23NO5/c1-4-14-6-8-15(9-7-14)20-19(18(25)5-2)21(26)22(27)24(20)17-12-10-16(11-13-17)23(28)29-3/h6-13,20,26H,4-5H2,1-3H3. The van der Waals surface area contributed by atoms with Crippen LogP contribution < -0.4 is 4.90 Å². The van der Waals surface area contributed by atoms with Crippen LogP contribution in [-0.4, -0.2) is 29.9 Å². The number of aryl methyl sites for hydroxylation is 1. The Morgan fingerprint density at radius 1 is 1.03 bits per heavy atom. The minimum absolute atomic E-state index is 0.0961. The van der Waals surface area contributed by atoms with Gasteiger partial charge in [0.05, 0.1) is 24.3 Å². The van der Waals surface area contributed by atoms with Crippen molar-refractivity contribution in [1.29, 1.82) is 0 Å². The van der Waals surface area contributed by atoms with Crippen molar-refractivity contribution in [3.8, 4) is 0 Å². The van der Waals surface area contributed by atoms with Crippen LogP contribution in [0.1, 0.15) is 47.8 Å². The van der Waals surface area contributed by atoms with Crippen LogP contribution in [0.2, 0.25) is 0 Å². The number of anilines is 1. The Kier molecular flexibility index (Phi) is 5.82. The van der Waals surface area contributed by atoms with E-state index in [9.17, 15) is 19.5 Å². The third-order valence-electron chi connectivity index (χ3n) is 5.10. The molecule has 1 atom stereocenters. The number of hydrogen-bond donors (Lipinski definition) is 1. The van der Waals surface area contributed by atoms with Gasteiger partial charge in [-0.15, -0.1) is 0 Å². The van der Waals surface area contributed by atoms with E-state index < -0.39 is 23.7 Å². The Balaban J connectivity index is 2.09. The summed E-state index contributed by atoms with van der Waals surface area (Å²) in [6, 6.07) is 13.2. The van der Waals surface area contributed by atoms with Gasteiger partial charge in [-0.3, -0.25) is 14.5 Å². The summed E-state index contributed by atoms with van der Waals surface area (Å²) in [5.41, 5.74) is 2.77. The molecule has 1 N–H and O–H groups in total. The van der Waals surface area contributed by atoms with Crippen molar-refractivity contribution in [3.05, 3.63) is 76.6 Å². The van der Waals surface area contributed by atoms with Crippen molar-refractivity contribution in [2.45, 2.75) is 32.7 Å². The molecule has 150 valence electrons. The molecule has 1 aliphatic rings. The molecule has 0 spiro atoms. The summed E-state index contributed by atoms with van der Waals surface area (Å²) in [5.74, 6) is -1.94. The molecular formula is C23H23NO5. The first-order valence-corrected chi connectivity index (χ1v) is 9.50. The molecule has 29 heavy (non-hydrogen) atoms. The highest BCUT2D eigenvalue weighted by Gasteiger charge is 2.43. The number of methoxy groups -OCH3 is 1. The zero-order valence-electron chi connectivity index (χ0n) is 16.6. The summed E-state index contributed by atoms with van der Waals surface area (Å²) < 4.78 is 4.70. The average Bonchev–Trinajstić information content (AvgIpc) is 3.03. The fourth-order valence-corrected chi connectivity index (χ4v) is 3.47. The third-order valence-corrected chi connectivity index (χ3v) is 5.10. The van der Waals surface area contributed by atoms with Crippen LogP contribution in [0.15, 0.2) is 59.9 Å². The summed E-state index contributed by atoms with van der Waals surface area (Å²) in [6.07, 6.45) is 1.04. The number of carbonyl (C=O) groups excluding carboxylic acids is 3. The normalized spacial score (nSPS) is 16.3. The van der Waals surface area contributed by atoms with Gasteiger partial charge in [0.1, 0.15) is 0 Å². The minimum atomic E-state index is -0.732. The molecule has 0 aliphatic carbocycles. The molecule has 0 saturated heterocycles. The molecule has 1 unspecified atom stereocenters. The molecule has 2 aromatic carbocycles. The first-order chi connectivity index (χ1) is 13.9. The number of Topliss-reactive ketones (excluding diaryl/α,β-unsaturated/α-hetero) is 1. The zero-order valence-corrected chi connectivity index (χ0v) is 16.6. The Labute approximate surface area is 169 Å². The van der Waals surface area contributed by atoms with Crippen LogP contribution >= 0.6 is 0 Å². The van der Waals surface area contributed by atoms with Gasteiger partial charge in [-0.25, -0.2) is 4.79 Å². The smallest absolute Gasteiger partial charge is 0.337 e. The summed E-state index contributed by atoms with van der Waals surface area (Å²) in [4.78, 5) is 38.6. The van der Waals surface area contributed by atoms with E-state index in [0.717, 1.165) is 17.5 Å². The maximum absolute atomic E-state index is 12.9. The van der Waals surface area contributed by atoms with Gasteiger partial charge in [-0.05, 0) is 41.8 Å². The van der Waals surface area contributed by atoms with E-state index in [0.29, 0.717) is 11.3 Å². The number of rotatable bonds is 6. The largest absolute Gasteiger partial charge is 0.503 e. The van der Waals surface area contributed by atoms with Gasteiger partial charge >= 0.3 is 5.97 Å². The summed E-state index contributed by atoms with van der Waals surface area (Å²) in [7, 11) is 1.29. The fourth-order valence-electron chi connectivity index (χ4n) is 3.47. The number of aliphatic hydroxyl groups excluding tert-OH is 1. The first-order valence-electron chi connectivity index (χ1n) is 9.50. The Morgan fingerprint density at radius 3 is 2.17 bits per heavy atom. The Bertz CT molecular complexity index is 973. The van der Waals surface area contributed by atoms with Crippen molar-refractivity contribution in [2.24, 2.45) is 0 Å². The predicted octanol–water partition coefficient (Wildman–Crippen LogP) is 3.91. The van der Waals surface area contributed by atoms with Gasteiger partial charge in [-0.2, -0.15) is 0 Å². The number of nitrogens with zero attached hydrogens (tertiary/aromatic N) is 1. The van der Waals surface area contributed by atoms with E-state index in [4.69, 9.17) is 4.74 Å². The monoisotopic (exact) mass is 393 g/mol. The van der Waals surface area contributed by atoms with E-state index in [1.54, 1.807) is 31.2 Å². The predicted molar refractivity (Wildman–Crippen MR) is 109 cm³/mol. The molecule has 6 nitrogen and oxygen atoms in total. The summed E-state index contributed by atoms with van der Waals surface area (Å²) in [6.45, 7) is 3.74. The first kappa shape index (κ1) is 20.3. The molecule has 0 radical (unpaired) electrons. The fraction of sp³-hybridized carbons (Fsp3) is 0.261. The number of amides is 1. The van der Waals surface area contributed by atoms with Crippen LogP contribution in [0.5, 0.6) is 0 Å². The van der Waals surface area contributed by atoms with E-state index in [1.807, 2.05) is 31.2 Å². The molecule has 3 rings (SSSR count). The zero-order chi connectivity index (χ0) is 21.1. The molecule has 1 aliphatic heterocycles. The van der Waals surface area contributed by atoms with Crippen LogP contribution in [0.4, 0.5) is 5.69 Å². The van der Waals surface area contributed by atoms with Gasteiger partial charge in [0.2, 0.25) is 0 Å². The van der Waals surface area contributed by atoms with Gasteiger partial charge in [0.25, 0.3) is 5.91 Å². The topological polar surface area (TPSA) is 83.9 Å². The van der Waals surface area contributed by atoms with Crippen molar-refractivity contribution >= 4 is 23.3 Å². The quantitative estimate of drug-likeness (QED) is 0.752. The summed E-state index contributed by atoms with van der Waals surface area (Å²) >= 11 is 0. The Morgan fingerprint density at radius 2 is 1.66 bits per heavy atom. The molecule has 0 aromatic heterocycles. The lowest BCUT2D eigenvalue weighted by atomic mass is 9.94. The summed E-state index contributed by atoms with van der Waals surface area (Å²) in [5, 5.41) is 10.5. The lowest BCUT2D eigenvalue weighted by Gasteiger charge is -2.27. The molecule has 0 bridgehead atoms. The number of aliphatic hydroxyl groups is 1. The van der Waals surface area contributed by atoms with Crippen LogP contribution in [0.25, 0.3) is 0 Å². The Hall–Kier alpha value is -3.41. The number of benzene rings is 2. The maximum atomic E-state index is 12.9. The molecular weight excluding hydrogens is 370 g/mol. The van der Waals surface area contributed by atoms with Crippen LogP contribution in [0.3, 0.4) is 0 Å². The van der Waals surface area contributed by atoms with Crippen LogP contribution in [0, 0.1) is 0 Å². The minimum Gasteiger partial charge on any atom is -0.503 e. The SMILES string of the molecule is CCC(=O)C1=C(O)C(=O)N(c2ccc(C(=O)OC)cc2)C1c1ccc(CC)cc1. The number of esters is 1. The van der Waals surface area contributed by atoms with Crippen molar-refractivity contribution in [3.63, 3.8) is 0 Å². The van der Waals surface area contributed by atoms with Crippen molar-refractivity contribution < 1.29 is 24.2 Å². The van der Waals surface area contributed by atoms with Gasteiger partial charge in [-0.1, -0.05) is 38.1 Å².